The number of amides is 5. The van der Waals surface area contributed by atoms with Gasteiger partial charge in [-0.2, -0.15) is 4.98 Å². The Morgan fingerprint density at radius 3 is 2.20 bits per heavy atom. The lowest BCUT2D eigenvalue weighted by molar-refractivity contribution is -0.138. The molecule has 0 radical (unpaired) electrons. The van der Waals surface area contributed by atoms with E-state index in [-0.39, 0.29) is 43.9 Å². The van der Waals surface area contributed by atoms with Crippen LogP contribution in [0.2, 0.25) is 0 Å². The number of anilines is 1. The molecular weight excluding hydrogens is 656 g/mol. The average Bonchev–Trinajstić information content (AvgIpc) is 3.06. The second-order valence-corrected chi connectivity index (χ2v) is 15.4. The van der Waals surface area contributed by atoms with Gasteiger partial charge in [0.25, 0.3) is 0 Å². The summed E-state index contributed by atoms with van der Waals surface area (Å²) in [6.45, 7) is 9.58. The maximum atomic E-state index is 13.2. The second kappa shape index (κ2) is 15.3. The van der Waals surface area contributed by atoms with Crippen LogP contribution in [0.1, 0.15) is 77.8 Å². The van der Waals surface area contributed by atoms with Gasteiger partial charge in [-0.25, -0.2) is 19.2 Å². The summed E-state index contributed by atoms with van der Waals surface area (Å²) in [5.41, 5.74) is 0.784. The molecule has 5 rings (SSSR count). The summed E-state index contributed by atoms with van der Waals surface area (Å²) in [5.74, 6) is -0.140. The molecule has 1 saturated heterocycles. The number of alkyl carbamates (subject to hydrolysis) is 1. The zero-order chi connectivity index (χ0) is 37.1. The van der Waals surface area contributed by atoms with Crippen molar-refractivity contribution in [2.75, 3.05) is 38.5 Å². The number of aromatic nitrogens is 2. The van der Waals surface area contributed by atoms with E-state index < -0.39 is 35.0 Å². The van der Waals surface area contributed by atoms with Crippen molar-refractivity contribution < 1.29 is 29.0 Å². The number of nitrogens with zero attached hydrogens (tertiary/aromatic N) is 5. The van der Waals surface area contributed by atoms with Gasteiger partial charge in [0.2, 0.25) is 5.91 Å². The van der Waals surface area contributed by atoms with Gasteiger partial charge in [-0.1, -0.05) is 6.07 Å². The molecule has 2 aromatic rings. The van der Waals surface area contributed by atoms with Crippen molar-refractivity contribution in [3.05, 3.63) is 52.1 Å². The van der Waals surface area contributed by atoms with Crippen molar-refractivity contribution in [3.8, 4) is 5.69 Å². The monoisotopic (exact) mass is 708 g/mol. The largest absolute Gasteiger partial charge is 0.465 e. The van der Waals surface area contributed by atoms with Gasteiger partial charge in [-0.3, -0.25) is 14.7 Å². The predicted octanol–water partition coefficient (Wildman–Crippen LogP) is 3.58. The number of nitrogens with one attached hydrogen (secondary N) is 3. The summed E-state index contributed by atoms with van der Waals surface area (Å²) < 4.78 is 6.76. The maximum absolute atomic E-state index is 13.2. The molecule has 2 heterocycles. The van der Waals surface area contributed by atoms with Gasteiger partial charge < -0.3 is 35.2 Å². The van der Waals surface area contributed by atoms with Gasteiger partial charge in [0.1, 0.15) is 17.0 Å². The third kappa shape index (κ3) is 9.57. The van der Waals surface area contributed by atoms with Crippen molar-refractivity contribution in [1.29, 1.82) is 0 Å². The summed E-state index contributed by atoms with van der Waals surface area (Å²) in [5, 5.41) is 17.0. The number of rotatable bonds is 7. The highest BCUT2D eigenvalue weighted by atomic mass is 16.6. The first-order valence-electron chi connectivity index (χ1n) is 17.8. The Hall–Kier alpha value is -4.66. The predicted molar refractivity (Wildman–Crippen MR) is 191 cm³/mol. The van der Waals surface area contributed by atoms with E-state index in [1.807, 2.05) is 12.1 Å². The van der Waals surface area contributed by atoms with Gasteiger partial charge >= 0.3 is 23.9 Å². The first-order valence-corrected chi connectivity index (χ1v) is 17.8. The molecule has 4 N–H and O–H groups in total. The zero-order valence-electron chi connectivity index (χ0n) is 30.5. The fourth-order valence-corrected chi connectivity index (χ4v) is 7.30. The van der Waals surface area contributed by atoms with E-state index >= 15 is 0 Å². The molecular formula is C36H52N8O7. The number of hydrogen-bond acceptors (Lipinski definition) is 8. The van der Waals surface area contributed by atoms with Crippen molar-refractivity contribution in [2.45, 2.75) is 109 Å². The Bertz CT molecular complexity index is 1670. The Balaban J connectivity index is 1.12. The van der Waals surface area contributed by atoms with Crippen LogP contribution < -0.4 is 21.6 Å². The lowest BCUT2D eigenvalue weighted by Crippen LogP contribution is -2.60. The summed E-state index contributed by atoms with van der Waals surface area (Å²) in [6.07, 6.45) is 6.45. The number of carbonyl (C=O) groups excluding carboxylic acids is 3. The number of piperazine rings is 1. The summed E-state index contributed by atoms with van der Waals surface area (Å²) in [6, 6.07) is 8.10. The molecule has 2 aliphatic carbocycles. The number of carboxylic acid groups (broad SMARTS) is 1. The molecule has 1 saturated carbocycles. The van der Waals surface area contributed by atoms with Crippen LogP contribution in [-0.4, -0.2) is 116 Å². The lowest BCUT2D eigenvalue weighted by atomic mass is 9.84. The highest BCUT2D eigenvalue weighted by Crippen LogP contribution is 2.30. The van der Waals surface area contributed by atoms with Crippen molar-refractivity contribution in [3.63, 3.8) is 0 Å². The molecule has 1 aromatic carbocycles. The van der Waals surface area contributed by atoms with Gasteiger partial charge in [0, 0.05) is 50.5 Å². The van der Waals surface area contributed by atoms with Crippen molar-refractivity contribution in [1.82, 2.24) is 34.9 Å². The van der Waals surface area contributed by atoms with E-state index in [2.05, 4.69) is 38.9 Å². The molecule has 0 spiro atoms. The number of benzene rings is 1. The molecule has 1 atom stereocenters. The Morgan fingerprint density at radius 2 is 1.57 bits per heavy atom. The second-order valence-electron chi connectivity index (χ2n) is 15.4. The Kier molecular flexibility index (Phi) is 11.3. The molecule has 15 heteroatoms. The van der Waals surface area contributed by atoms with E-state index in [9.17, 15) is 24.0 Å². The van der Waals surface area contributed by atoms with Crippen LogP contribution in [0.25, 0.3) is 5.69 Å². The number of urea groups is 1. The lowest BCUT2D eigenvalue weighted by Gasteiger charge is -2.41. The number of likely N-dealkylation sites (N-methyl/N-ethyl adjacent to an activating group) is 1. The molecule has 15 nitrogen and oxygen atoms in total. The van der Waals surface area contributed by atoms with Crippen LogP contribution in [0, 0.1) is 0 Å². The molecule has 5 amide bonds. The summed E-state index contributed by atoms with van der Waals surface area (Å²) >= 11 is 0. The number of fused-ring (bicyclic) bond motifs is 1. The van der Waals surface area contributed by atoms with Crippen LogP contribution in [0.3, 0.4) is 0 Å². The highest BCUT2D eigenvalue weighted by Gasteiger charge is 2.37. The Morgan fingerprint density at radius 1 is 0.902 bits per heavy atom. The van der Waals surface area contributed by atoms with Gasteiger partial charge in [-0.15, -0.1) is 0 Å². The van der Waals surface area contributed by atoms with Gasteiger partial charge in [-0.05, 0) is 116 Å². The van der Waals surface area contributed by atoms with Gasteiger partial charge in [0.05, 0.1) is 5.69 Å². The van der Waals surface area contributed by atoms with Crippen molar-refractivity contribution >= 4 is 29.9 Å². The third-order valence-corrected chi connectivity index (χ3v) is 10.1. The fourth-order valence-electron chi connectivity index (χ4n) is 7.30. The van der Waals surface area contributed by atoms with Crippen LogP contribution >= 0.6 is 0 Å². The topological polar surface area (TPSA) is 178 Å². The molecule has 1 aliphatic heterocycles. The number of hydrogen-bond donors (Lipinski definition) is 4. The van der Waals surface area contributed by atoms with E-state index in [0.29, 0.717) is 17.8 Å². The summed E-state index contributed by atoms with van der Waals surface area (Å²) in [4.78, 5) is 72.3. The maximum Gasteiger partial charge on any atom is 0.408 e. The number of ether oxygens (including phenoxy) is 1. The van der Waals surface area contributed by atoms with E-state index in [0.717, 1.165) is 44.9 Å². The van der Waals surface area contributed by atoms with Crippen LogP contribution in [-0.2, 0) is 22.4 Å². The van der Waals surface area contributed by atoms with Crippen LogP contribution in [0.15, 0.2) is 35.3 Å². The zero-order valence-corrected chi connectivity index (χ0v) is 30.5. The smallest absolute Gasteiger partial charge is 0.408 e. The standard InChI is InChI=1S/C36H52N8O7/c1-35(2,3)51-34(50)40-36(4,5)30(45)42-17-19-43(20-18-42)31(46)38-29-15-16-44(32(47)39-29)28-12-8-23-21-27(11-7-24(23)22-28)41(6)26-13-9-25(10-14-26)37-33(48)49/h8,12,15-16,22,25-27,37H,7,9-11,13-14,17-21H2,1-6H3,(H,40,50)(H,48,49)(H,38,39,46,47). The van der Waals surface area contributed by atoms with Gasteiger partial charge in [0.15, 0.2) is 0 Å². The minimum Gasteiger partial charge on any atom is -0.465 e. The molecule has 278 valence electrons. The quantitative estimate of drug-likeness (QED) is 0.335. The minimum absolute atomic E-state index is 0.0387. The average molecular weight is 709 g/mol. The Labute approximate surface area is 298 Å². The number of carbonyl (C=O) groups is 4. The molecule has 3 aliphatic rings. The van der Waals surface area contributed by atoms with Crippen LogP contribution in [0.4, 0.5) is 20.2 Å². The highest BCUT2D eigenvalue weighted by molar-refractivity contribution is 5.90. The molecule has 0 bridgehead atoms. The fraction of sp³-hybridized carbons (Fsp3) is 0.611. The SMILES string of the molecule is CN(C1CCC(NC(=O)O)CC1)C1CCc2cc(-n3ccc(NC(=O)N4CCN(C(=O)C(C)(C)NC(=O)OC(C)(C)C)CC4)nc3=O)ccc2C1. The first-order chi connectivity index (χ1) is 24.0. The summed E-state index contributed by atoms with van der Waals surface area (Å²) in [7, 11) is 2.18. The molecule has 1 aromatic heterocycles. The molecule has 1 unspecified atom stereocenters. The minimum atomic E-state index is -1.19. The van der Waals surface area contributed by atoms with E-state index in [4.69, 9.17) is 9.84 Å². The number of aryl methyl sites for hydroxylation is 1. The van der Waals surface area contributed by atoms with Crippen molar-refractivity contribution in [2.24, 2.45) is 0 Å². The van der Waals surface area contributed by atoms with Crippen LogP contribution in [0.5, 0.6) is 0 Å². The van der Waals surface area contributed by atoms with E-state index in [1.54, 1.807) is 56.7 Å². The third-order valence-electron chi connectivity index (χ3n) is 10.1. The molecule has 2 fully saturated rings. The normalized spacial score (nSPS) is 21.0. The molecule has 51 heavy (non-hydrogen) atoms. The first kappa shape index (κ1) is 37.6. The van der Waals surface area contributed by atoms with E-state index in [1.165, 1.54) is 15.7 Å².